The Bertz CT molecular complexity index is 648. The Morgan fingerprint density at radius 2 is 2.04 bits per heavy atom. The van der Waals surface area contributed by atoms with Gasteiger partial charge in [0.15, 0.2) is 0 Å². The van der Waals surface area contributed by atoms with Crippen LogP contribution in [0, 0.1) is 5.92 Å². The predicted molar refractivity (Wildman–Crippen MR) is 99.1 cm³/mol. The smallest absolute Gasteiger partial charge is 0.242 e. The highest BCUT2D eigenvalue weighted by molar-refractivity contribution is 5.87. The maximum atomic E-state index is 12.7. The summed E-state index contributed by atoms with van der Waals surface area (Å²) in [5.74, 6) is 1.00. The van der Waals surface area contributed by atoms with Crippen molar-refractivity contribution < 1.29 is 19.1 Å². The highest BCUT2D eigenvalue weighted by Gasteiger charge is 2.32. The standard InChI is InChI=1S/C19H29N3O4/c1-12(2)18(20)19(24)21-11-17(23)22-9-5-6-15(22)14-8-7-13(25-3)10-16(14)26-4/h7-8,10,12,15,18H,5-6,9,11,20H2,1-4H3,(H,21,24)/t15?,18-/m0/s1. The molecule has 1 aromatic carbocycles. The molecule has 2 rings (SSSR count). The highest BCUT2D eigenvalue weighted by atomic mass is 16.5. The molecule has 7 heteroatoms. The molecule has 2 atom stereocenters. The number of nitrogens with zero attached hydrogens (tertiary/aromatic N) is 1. The van der Waals surface area contributed by atoms with Crippen LogP contribution in [0.15, 0.2) is 18.2 Å². The van der Waals surface area contributed by atoms with E-state index in [1.54, 1.807) is 19.1 Å². The van der Waals surface area contributed by atoms with Crippen molar-refractivity contribution in [1.82, 2.24) is 10.2 Å². The van der Waals surface area contributed by atoms with Crippen LogP contribution in [0.5, 0.6) is 11.5 Å². The zero-order valence-electron chi connectivity index (χ0n) is 16.0. The summed E-state index contributed by atoms with van der Waals surface area (Å²) >= 11 is 0. The van der Waals surface area contributed by atoms with Crippen molar-refractivity contribution in [2.45, 2.75) is 38.8 Å². The van der Waals surface area contributed by atoms with Crippen molar-refractivity contribution in [2.24, 2.45) is 11.7 Å². The molecular formula is C19H29N3O4. The van der Waals surface area contributed by atoms with Gasteiger partial charge in [-0.1, -0.05) is 13.8 Å². The first-order chi connectivity index (χ1) is 12.4. The van der Waals surface area contributed by atoms with E-state index < -0.39 is 6.04 Å². The van der Waals surface area contributed by atoms with E-state index >= 15 is 0 Å². The van der Waals surface area contributed by atoms with Crippen LogP contribution < -0.4 is 20.5 Å². The Morgan fingerprint density at radius 1 is 1.31 bits per heavy atom. The lowest BCUT2D eigenvalue weighted by atomic mass is 10.0. The summed E-state index contributed by atoms with van der Waals surface area (Å²) in [6, 6.07) is 4.93. The Labute approximate surface area is 154 Å². The van der Waals surface area contributed by atoms with E-state index in [4.69, 9.17) is 15.2 Å². The van der Waals surface area contributed by atoms with Crippen molar-refractivity contribution in [1.29, 1.82) is 0 Å². The van der Waals surface area contributed by atoms with Crippen molar-refractivity contribution in [3.05, 3.63) is 23.8 Å². The third-order valence-electron chi connectivity index (χ3n) is 4.81. The van der Waals surface area contributed by atoms with Crippen LogP contribution in [-0.4, -0.2) is 50.1 Å². The van der Waals surface area contributed by atoms with Crippen molar-refractivity contribution in [2.75, 3.05) is 27.3 Å². The van der Waals surface area contributed by atoms with Crippen molar-refractivity contribution >= 4 is 11.8 Å². The van der Waals surface area contributed by atoms with Crippen LogP contribution in [0.3, 0.4) is 0 Å². The second kappa shape index (κ2) is 8.89. The average molecular weight is 363 g/mol. The van der Waals surface area contributed by atoms with Crippen molar-refractivity contribution in [3.8, 4) is 11.5 Å². The monoisotopic (exact) mass is 363 g/mol. The molecule has 1 aromatic rings. The number of amides is 2. The van der Waals surface area contributed by atoms with Gasteiger partial charge in [-0.3, -0.25) is 9.59 Å². The number of hydrogen-bond acceptors (Lipinski definition) is 5. The molecule has 26 heavy (non-hydrogen) atoms. The molecule has 1 unspecified atom stereocenters. The fourth-order valence-corrected chi connectivity index (χ4v) is 3.17. The van der Waals surface area contributed by atoms with E-state index in [2.05, 4.69) is 5.32 Å². The molecule has 0 saturated carbocycles. The molecule has 1 fully saturated rings. The number of nitrogens with one attached hydrogen (secondary N) is 1. The van der Waals surface area contributed by atoms with E-state index in [-0.39, 0.29) is 30.3 Å². The van der Waals surface area contributed by atoms with Crippen LogP contribution in [0.1, 0.15) is 38.3 Å². The summed E-state index contributed by atoms with van der Waals surface area (Å²) in [5, 5.41) is 2.65. The number of benzene rings is 1. The molecule has 2 amide bonds. The van der Waals surface area contributed by atoms with Crippen LogP contribution in [-0.2, 0) is 9.59 Å². The Kier molecular flexibility index (Phi) is 6.85. The topological polar surface area (TPSA) is 93.9 Å². The summed E-state index contributed by atoms with van der Waals surface area (Å²) in [6.07, 6.45) is 1.76. The summed E-state index contributed by atoms with van der Waals surface area (Å²) in [7, 11) is 3.21. The Hall–Kier alpha value is -2.28. The molecule has 0 aromatic heterocycles. The molecule has 0 radical (unpaired) electrons. The van der Waals surface area contributed by atoms with E-state index in [1.165, 1.54) is 0 Å². The van der Waals surface area contributed by atoms with E-state index in [9.17, 15) is 9.59 Å². The van der Waals surface area contributed by atoms with Crippen LogP contribution in [0.25, 0.3) is 0 Å². The maximum absolute atomic E-state index is 12.7. The van der Waals surface area contributed by atoms with Crippen LogP contribution in [0.4, 0.5) is 0 Å². The van der Waals surface area contributed by atoms with Gasteiger partial charge in [0, 0.05) is 18.2 Å². The zero-order chi connectivity index (χ0) is 19.3. The van der Waals surface area contributed by atoms with Gasteiger partial charge in [0.1, 0.15) is 11.5 Å². The summed E-state index contributed by atoms with van der Waals surface area (Å²) in [4.78, 5) is 26.4. The first-order valence-electron chi connectivity index (χ1n) is 8.93. The number of carbonyl (C=O) groups is 2. The second-order valence-corrected chi connectivity index (χ2v) is 6.84. The van der Waals surface area contributed by atoms with Gasteiger partial charge in [-0.2, -0.15) is 0 Å². The first-order valence-corrected chi connectivity index (χ1v) is 8.93. The average Bonchev–Trinajstić information content (AvgIpc) is 3.13. The molecule has 1 aliphatic rings. The number of ether oxygens (including phenoxy) is 2. The van der Waals surface area contributed by atoms with Gasteiger partial charge < -0.3 is 25.4 Å². The molecule has 1 aliphatic heterocycles. The van der Waals surface area contributed by atoms with Gasteiger partial charge >= 0.3 is 0 Å². The van der Waals surface area contributed by atoms with E-state index in [1.807, 2.05) is 32.0 Å². The Morgan fingerprint density at radius 3 is 2.65 bits per heavy atom. The number of methoxy groups -OCH3 is 2. The quantitative estimate of drug-likeness (QED) is 0.765. The highest BCUT2D eigenvalue weighted by Crippen LogP contribution is 2.38. The molecule has 0 aliphatic carbocycles. The Balaban J connectivity index is 2.08. The maximum Gasteiger partial charge on any atom is 0.242 e. The minimum Gasteiger partial charge on any atom is -0.497 e. The van der Waals surface area contributed by atoms with Gasteiger partial charge in [0.25, 0.3) is 0 Å². The molecule has 0 bridgehead atoms. The third kappa shape index (κ3) is 4.46. The molecule has 0 spiro atoms. The number of nitrogens with two attached hydrogens (primary N) is 1. The fourth-order valence-electron chi connectivity index (χ4n) is 3.17. The number of hydrogen-bond donors (Lipinski definition) is 2. The van der Waals surface area contributed by atoms with Crippen LogP contribution in [0.2, 0.25) is 0 Å². The van der Waals surface area contributed by atoms with E-state index in [0.29, 0.717) is 18.0 Å². The minimum absolute atomic E-state index is 0.0215. The van der Waals surface area contributed by atoms with Crippen molar-refractivity contribution in [3.63, 3.8) is 0 Å². The molecule has 3 N–H and O–H groups in total. The lowest BCUT2D eigenvalue weighted by molar-refractivity contribution is -0.134. The lowest BCUT2D eigenvalue weighted by Crippen LogP contribution is -2.47. The normalized spacial score (nSPS) is 17.9. The molecule has 7 nitrogen and oxygen atoms in total. The van der Waals surface area contributed by atoms with Gasteiger partial charge in [0.05, 0.1) is 32.8 Å². The zero-order valence-corrected chi connectivity index (χ0v) is 16.0. The van der Waals surface area contributed by atoms with Crippen LogP contribution >= 0.6 is 0 Å². The van der Waals surface area contributed by atoms with Gasteiger partial charge in [-0.25, -0.2) is 0 Å². The molecule has 1 heterocycles. The molecular weight excluding hydrogens is 334 g/mol. The number of rotatable bonds is 7. The number of likely N-dealkylation sites (tertiary alicyclic amines) is 1. The number of carbonyl (C=O) groups excluding carboxylic acids is 2. The summed E-state index contributed by atoms with van der Waals surface area (Å²) in [5.41, 5.74) is 6.77. The predicted octanol–water partition coefficient (Wildman–Crippen LogP) is 1.47. The molecule has 1 saturated heterocycles. The van der Waals surface area contributed by atoms with Gasteiger partial charge in [-0.15, -0.1) is 0 Å². The molecule has 144 valence electrons. The van der Waals surface area contributed by atoms with Gasteiger partial charge in [-0.05, 0) is 30.9 Å². The lowest BCUT2D eigenvalue weighted by Gasteiger charge is -2.27. The second-order valence-electron chi connectivity index (χ2n) is 6.84. The largest absolute Gasteiger partial charge is 0.497 e. The third-order valence-corrected chi connectivity index (χ3v) is 4.81. The fraction of sp³-hybridized carbons (Fsp3) is 0.579. The summed E-state index contributed by atoms with van der Waals surface area (Å²) < 4.78 is 10.7. The van der Waals surface area contributed by atoms with E-state index in [0.717, 1.165) is 18.4 Å². The summed E-state index contributed by atoms with van der Waals surface area (Å²) in [6.45, 7) is 4.36. The minimum atomic E-state index is -0.612. The SMILES string of the molecule is COc1ccc(C2CCCN2C(=O)CNC(=O)[C@@H](N)C(C)C)c(OC)c1. The first kappa shape index (κ1) is 20.0. The van der Waals surface area contributed by atoms with Gasteiger partial charge in [0.2, 0.25) is 11.8 Å².